The Labute approximate surface area is 202 Å². The number of carbonyl (C=O) groups excluding carboxylic acids is 1. The topological polar surface area (TPSA) is 67.6 Å². The van der Waals surface area contributed by atoms with E-state index in [4.69, 9.17) is 9.26 Å². The highest BCUT2D eigenvalue weighted by Crippen LogP contribution is 2.30. The number of carbonyl (C=O) groups is 1. The number of nitrogens with zero attached hydrogens (tertiary/aromatic N) is 2. The number of ether oxygens (including phenoxy) is 1. The largest absolute Gasteiger partial charge is 0.489 e. The van der Waals surface area contributed by atoms with Crippen molar-refractivity contribution in [1.82, 2.24) is 15.4 Å². The van der Waals surface area contributed by atoms with Gasteiger partial charge >= 0.3 is 6.18 Å². The molecule has 0 radical (unpaired) electrons. The number of likely N-dealkylation sites (tertiary alicyclic amines) is 1. The molecule has 1 N–H and O–H groups in total. The molecule has 0 bridgehead atoms. The lowest BCUT2D eigenvalue weighted by atomic mass is 10.0. The van der Waals surface area contributed by atoms with Crippen LogP contribution in [0.3, 0.4) is 0 Å². The van der Waals surface area contributed by atoms with E-state index in [1.807, 2.05) is 13.8 Å². The zero-order valence-electron chi connectivity index (χ0n) is 19.7. The zero-order chi connectivity index (χ0) is 25.0. The Morgan fingerprint density at radius 1 is 1.14 bits per heavy atom. The van der Waals surface area contributed by atoms with E-state index in [2.05, 4.69) is 15.4 Å². The number of nitrogens with one attached hydrogen (secondary N) is 1. The van der Waals surface area contributed by atoms with Gasteiger partial charge in [0.1, 0.15) is 18.1 Å². The van der Waals surface area contributed by atoms with Crippen molar-refractivity contribution in [3.05, 3.63) is 82.2 Å². The van der Waals surface area contributed by atoms with Gasteiger partial charge in [-0.15, -0.1) is 0 Å². The van der Waals surface area contributed by atoms with Crippen molar-refractivity contribution >= 4 is 5.91 Å². The van der Waals surface area contributed by atoms with Gasteiger partial charge in [0.2, 0.25) is 0 Å². The lowest BCUT2D eigenvalue weighted by Gasteiger charge is -2.32. The number of hydrogen-bond acceptors (Lipinski definition) is 5. The van der Waals surface area contributed by atoms with Crippen LogP contribution < -0.4 is 10.1 Å². The first-order valence-corrected chi connectivity index (χ1v) is 11.5. The van der Waals surface area contributed by atoms with E-state index in [-0.39, 0.29) is 11.9 Å². The standard InChI is InChI=1S/C26H28F3N3O3/c1-17-24(18(2)35-31-17)16-34-23-8-4-6-20(14-23)25(33)30-22-9-11-32(12-10-22)15-19-5-3-7-21(13-19)26(27,28)29/h3-8,13-14,22H,9-12,15-16H2,1-2H3,(H,30,33). The minimum atomic E-state index is -4.34. The van der Waals surface area contributed by atoms with Crippen LogP contribution >= 0.6 is 0 Å². The second-order valence-corrected chi connectivity index (χ2v) is 8.84. The molecule has 0 atom stereocenters. The summed E-state index contributed by atoms with van der Waals surface area (Å²) < 4.78 is 49.8. The summed E-state index contributed by atoms with van der Waals surface area (Å²) in [7, 11) is 0. The average Bonchev–Trinajstić information content (AvgIpc) is 3.16. The highest BCUT2D eigenvalue weighted by Gasteiger charge is 2.30. The molecule has 35 heavy (non-hydrogen) atoms. The molecule has 1 saturated heterocycles. The lowest BCUT2D eigenvalue weighted by molar-refractivity contribution is -0.137. The van der Waals surface area contributed by atoms with Gasteiger partial charge in [-0.05, 0) is 56.5 Å². The zero-order valence-corrected chi connectivity index (χ0v) is 19.7. The van der Waals surface area contributed by atoms with Crippen LogP contribution in [0.4, 0.5) is 13.2 Å². The normalized spacial score (nSPS) is 15.2. The van der Waals surface area contributed by atoms with Crippen LogP contribution in [0, 0.1) is 13.8 Å². The van der Waals surface area contributed by atoms with Crippen molar-refractivity contribution in [2.75, 3.05) is 13.1 Å². The summed E-state index contributed by atoms with van der Waals surface area (Å²) in [6, 6.07) is 12.5. The van der Waals surface area contributed by atoms with E-state index in [0.717, 1.165) is 30.2 Å². The first-order chi connectivity index (χ1) is 16.7. The van der Waals surface area contributed by atoms with Gasteiger partial charge in [-0.2, -0.15) is 13.2 Å². The number of aromatic nitrogens is 1. The molecule has 186 valence electrons. The van der Waals surface area contributed by atoms with Crippen LogP contribution in [0.5, 0.6) is 5.75 Å². The summed E-state index contributed by atoms with van der Waals surface area (Å²) in [5.41, 5.74) is 2.17. The van der Waals surface area contributed by atoms with E-state index < -0.39 is 11.7 Å². The smallest absolute Gasteiger partial charge is 0.416 e. The molecule has 0 spiro atoms. The first-order valence-electron chi connectivity index (χ1n) is 11.5. The van der Waals surface area contributed by atoms with Gasteiger partial charge in [0.25, 0.3) is 5.91 Å². The van der Waals surface area contributed by atoms with E-state index in [1.54, 1.807) is 30.3 Å². The van der Waals surface area contributed by atoms with E-state index in [0.29, 0.717) is 48.9 Å². The summed E-state index contributed by atoms with van der Waals surface area (Å²) in [6.45, 7) is 5.83. The molecular weight excluding hydrogens is 459 g/mol. The van der Waals surface area contributed by atoms with Crippen LogP contribution in [0.1, 0.15) is 51.3 Å². The number of aryl methyl sites for hydroxylation is 2. The fraction of sp³-hybridized carbons (Fsp3) is 0.385. The van der Waals surface area contributed by atoms with Crippen molar-refractivity contribution in [3.63, 3.8) is 0 Å². The summed E-state index contributed by atoms with van der Waals surface area (Å²) >= 11 is 0. The van der Waals surface area contributed by atoms with Gasteiger partial charge in [0, 0.05) is 31.2 Å². The van der Waals surface area contributed by atoms with Gasteiger partial charge in [0.05, 0.1) is 16.8 Å². The Morgan fingerprint density at radius 3 is 2.57 bits per heavy atom. The third-order valence-corrected chi connectivity index (χ3v) is 6.24. The molecule has 0 unspecified atom stereocenters. The van der Waals surface area contributed by atoms with Crippen LogP contribution in [-0.4, -0.2) is 35.1 Å². The molecule has 2 aromatic carbocycles. The predicted octanol–water partition coefficient (Wildman–Crippen LogP) is 5.28. The summed E-state index contributed by atoms with van der Waals surface area (Å²) in [5, 5.41) is 6.98. The molecule has 1 fully saturated rings. The van der Waals surface area contributed by atoms with Gasteiger partial charge in [-0.1, -0.05) is 29.4 Å². The van der Waals surface area contributed by atoms with Gasteiger partial charge in [0.15, 0.2) is 0 Å². The van der Waals surface area contributed by atoms with Crippen molar-refractivity contribution < 1.29 is 27.2 Å². The minimum Gasteiger partial charge on any atom is -0.489 e. The van der Waals surface area contributed by atoms with Gasteiger partial charge < -0.3 is 14.6 Å². The maximum absolute atomic E-state index is 13.0. The number of alkyl halides is 3. The maximum atomic E-state index is 13.0. The van der Waals surface area contributed by atoms with Crippen LogP contribution in [0.15, 0.2) is 53.1 Å². The van der Waals surface area contributed by atoms with Crippen molar-refractivity contribution in [1.29, 1.82) is 0 Å². The Bertz CT molecular complexity index is 1150. The molecule has 0 saturated carbocycles. The SMILES string of the molecule is Cc1noc(C)c1COc1cccc(C(=O)NC2CCN(Cc3cccc(C(F)(F)F)c3)CC2)c1. The van der Waals surface area contributed by atoms with E-state index >= 15 is 0 Å². The molecule has 0 aliphatic carbocycles. The third kappa shape index (κ3) is 6.42. The van der Waals surface area contributed by atoms with Crippen LogP contribution in [-0.2, 0) is 19.3 Å². The molecule has 4 rings (SSSR count). The monoisotopic (exact) mass is 487 g/mol. The summed E-state index contributed by atoms with van der Waals surface area (Å²) in [6.07, 6.45) is -2.89. The molecule has 6 nitrogen and oxygen atoms in total. The number of benzene rings is 2. The van der Waals surface area contributed by atoms with E-state index in [1.165, 1.54) is 12.1 Å². The average molecular weight is 488 g/mol. The summed E-state index contributed by atoms with van der Waals surface area (Å²) in [5.74, 6) is 1.11. The van der Waals surface area contributed by atoms with Gasteiger partial charge in [-0.25, -0.2) is 0 Å². The molecule has 1 aliphatic heterocycles. The quantitative estimate of drug-likeness (QED) is 0.491. The molecule has 9 heteroatoms. The van der Waals surface area contributed by atoms with Gasteiger partial charge in [-0.3, -0.25) is 9.69 Å². The number of rotatable bonds is 7. The van der Waals surface area contributed by atoms with Crippen molar-refractivity contribution in [3.8, 4) is 5.75 Å². The van der Waals surface area contributed by atoms with Crippen molar-refractivity contribution in [2.45, 2.75) is 52.1 Å². The Hall–Kier alpha value is -3.33. The summed E-state index contributed by atoms with van der Waals surface area (Å²) in [4.78, 5) is 14.9. The second kappa shape index (κ2) is 10.5. The van der Waals surface area contributed by atoms with Crippen LogP contribution in [0.2, 0.25) is 0 Å². The number of amides is 1. The molecule has 1 aliphatic rings. The second-order valence-electron chi connectivity index (χ2n) is 8.84. The highest BCUT2D eigenvalue weighted by molar-refractivity contribution is 5.94. The Kier molecular flexibility index (Phi) is 7.45. The fourth-order valence-corrected chi connectivity index (χ4v) is 4.20. The molecule has 1 aromatic heterocycles. The molecule has 3 aromatic rings. The fourth-order valence-electron chi connectivity index (χ4n) is 4.20. The number of halogens is 3. The molecule has 1 amide bonds. The predicted molar refractivity (Wildman–Crippen MR) is 124 cm³/mol. The number of piperidine rings is 1. The molecular formula is C26H28F3N3O3. The van der Waals surface area contributed by atoms with Crippen molar-refractivity contribution in [2.24, 2.45) is 0 Å². The van der Waals surface area contributed by atoms with E-state index in [9.17, 15) is 18.0 Å². The Balaban J connectivity index is 1.27. The minimum absolute atomic E-state index is 0.00661. The molecule has 2 heterocycles. The first kappa shape index (κ1) is 24.8. The third-order valence-electron chi connectivity index (χ3n) is 6.24. The van der Waals surface area contributed by atoms with Crippen LogP contribution in [0.25, 0.3) is 0 Å². The maximum Gasteiger partial charge on any atom is 0.416 e. The highest BCUT2D eigenvalue weighted by atomic mass is 19.4. The Morgan fingerprint density at radius 2 is 1.89 bits per heavy atom. The lowest BCUT2D eigenvalue weighted by Crippen LogP contribution is -2.44. The number of hydrogen-bond donors (Lipinski definition) is 1.